The molecule has 0 bridgehead atoms. The summed E-state index contributed by atoms with van der Waals surface area (Å²) in [6.45, 7) is 2.81. The van der Waals surface area contributed by atoms with E-state index in [9.17, 15) is 4.79 Å². The maximum atomic E-state index is 12.1. The molecule has 0 atom stereocenters. The van der Waals surface area contributed by atoms with Gasteiger partial charge in [0.2, 0.25) is 0 Å². The zero-order valence-corrected chi connectivity index (χ0v) is 13.5. The van der Waals surface area contributed by atoms with Crippen LogP contribution in [0.15, 0.2) is 24.4 Å². The number of nitrogens with one attached hydrogen (secondary N) is 1. The second kappa shape index (κ2) is 7.13. The van der Waals surface area contributed by atoms with Crippen LogP contribution in [-0.4, -0.2) is 39.6 Å². The number of carbonyl (C=O) groups excluding carboxylic acids is 1. The van der Waals surface area contributed by atoms with Crippen LogP contribution in [0.3, 0.4) is 0 Å². The number of hydrogen-bond acceptors (Lipinski definition) is 4. The molecule has 2 amide bonds. The Morgan fingerprint density at radius 3 is 2.91 bits per heavy atom. The first-order chi connectivity index (χ1) is 10.5. The molecule has 2 aromatic rings. The topological polar surface area (TPSA) is 72.3 Å². The van der Waals surface area contributed by atoms with E-state index in [2.05, 4.69) is 15.6 Å². The molecule has 1 aromatic heterocycles. The van der Waals surface area contributed by atoms with Crippen LogP contribution in [-0.2, 0) is 13.6 Å². The quantitative estimate of drug-likeness (QED) is 0.917. The Hall–Kier alpha value is -2.28. The molecule has 1 aromatic carbocycles. The predicted molar refractivity (Wildman–Crippen MR) is 84.1 cm³/mol. The molecule has 0 saturated heterocycles. The molecule has 0 radical (unpaired) electrons. The Morgan fingerprint density at radius 1 is 1.50 bits per heavy atom. The second-order valence-corrected chi connectivity index (χ2v) is 5.19. The zero-order valence-electron chi connectivity index (χ0n) is 12.7. The summed E-state index contributed by atoms with van der Waals surface area (Å²) in [5.74, 6) is 1.11. The van der Waals surface area contributed by atoms with E-state index in [-0.39, 0.29) is 6.03 Å². The van der Waals surface area contributed by atoms with Crippen LogP contribution in [0.5, 0.6) is 5.75 Å². The Labute approximate surface area is 133 Å². The van der Waals surface area contributed by atoms with Gasteiger partial charge in [0.1, 0.15) is 5.75 Å². The third-order valence-corrected chi connectivity index (χ3v) is 3.15. The highest BCUT2D eigenvalue weighted by Crippen LogP contribution is 2.24. The van der Waals surface area contributed by atoms with Crippen LogP contribution in [0.1, 0.15) is 12.5 Å². The van der Waals surface area contributed by atoms with Crippen LogP contribution >= 0.6 is 11.6 Å². The Morgan fingerprint density at radius 2 is 2.27 bits per heavy atom. The molecule has 22 heavy (non-hydrogen) atoms. The van der Waals surface area contributed by atoms with Crippen LogP contribution in [0.2, 0.25) is 5.02 Å². The van der Waals surface area contributed by atoms with Crippen LogP contribution in [0.4, 0.5) is 10.6 Å². The van der Waals surface area contributed by atoms with Crippen molar-refractivity contribution in [3.05, 3.63) is 35.0 Å². The van der Waals surface area contributed by atoms with Crippen LogP contribution < -0.4 is 10.1 Å². The lowest BCUT2D eigenvalue weighted by atomic mass is 10.2. The molecule has 118 valence electrons. The van der Waals surface area contributed by atoms with Crippen molar-refractivity contribution < 1.29 is 9.53 Å². The lowest BCUT2D eigenvalue weighted by molar-refractivity contribution is 0.219. The van der Waals surface area contributed by atoms with Gasteiger partial charge in [0.15, 0.2) is 5.82 Å². The number of anilines is 1. The second-order valence-electron chi connectivity index (χ2n) is 4.75. The van der Waals surface area contributed by atoms with Crippen LogP contribution in [0, 0.1) is 0 Å². The molecule has 1 N–H and O–H groups in total. The summed E-state index contributed by atoms with van der Waals surface area (Å²) in [6, 6.07) is 5.06. The van der Waals surface area contributed by atoms with Gasteiger partial charge in [0, 0.05) is 24.7 Å². The van der Waals surface area contributed by atoms with Gasteiger partial charge < -0.3 is 9.64 Å². The van der Waals surface area contributed by atoms with Gasteiger partial charge in [-0.15, -0.1) is 5.10 Å². The minimum absolute atomic E-state index is 0.289. The van der Waals surface area contributed by atoms with Crippen molar-refractivity contribution in [2.75, 3.05) is 19.0 Å². The number of rotatable bonds is 5. The average Bonchev–Trinajstić information content (AvgIpc) is 2.87. The smallest absolute Gasteiger partial charge is 0.323 e. The fourth-order valence-electron chi connectivity index (χ4n) is 1.90. The number of aryl methyl sites for hydroxylation is 1. The first-order valence-corrected chi connectivity index (χ1v) is 7.17. The van der Waals surface area contributed by atoms with E-state index in [0.29, 0.717) is 29.7 Å². The number of nitrogens with zero attached hydrogens (tertiary/aromatic N) is 4. The van der Waals surface area contributed by atoms with Gasteiger partial charge in [0.25, 0.3) is 0 Å². The van der Waals surface area contributed by atoms with E-state index < -0.39 is 0 Å². The Balaban J connectivity index is 2.05. The molecule has 0 fully saturated rings. The largest absolute Gasteiger partial charge is 0.494 e. The van der Waals surface area contributed by atoms with Crippen molar-refractivity contribution in [3.8, 4) is 5.75 Å². The van der Waals surface area contributed by atoms with Crippen molar-refractivity contribution in [2.45, 2.75) is 13.5 Å². The standard InChI is InChI=1S/C14H18ClN5O2/c1-4-22-12-6-5-11(15)7-10(12)8-19(2)14(21)16-13-9-20(3)18-17-13/h5-7,9H,4,8H2,1-3H3,(H,16,21). The monoisotopic (exact) mass is 323 g/mol. The summed E-state index contributed by atoms with van der Waals surface area (Å²) in [5.41, 5.74) is 0.839. The minimum Gasteiger partial charge on any atom is -0.494 e. The highest BCUT2D eigenvalue weighted by atomic mass is 35.5. The molecule has 1 heterocycles. The summed E-state index contributed by atoms with van der Waals surface area (Å²) in [4.78, 5) is 13.7. The summed E-state index contributed by atoms with van der Waals surface area (Å²) in [6.07, 6.45) is 1.62. The Kier molecular flexibility index (Phi) is 5.21. The highest BCUT2D eigenvalue weighted by molar-refractivity contribution is 6.30. The average molecular weight is 324 g/mol. The van der Waals surface area contributed by atoms with E-state index in [1.807, 2.05) is 6.92 Å². The molecule has 0 aliphatic carbocycles. The summed E-state index contributed by atoms with van der Waals surface area (Å²) in [5, 5.41) is 10.8. The third-order valence-electron chi connectivity index (χ3n) is 2.91. The Bertz CT molecular complexity index is 658. The van der Waals surface area contributed by atoms with Gasteiger partial charge in [-0.2, -0.15) is 0 Å². The van der Waals surface area contributed by atoms with Crippen molar-refractivity contribution in [3.63, 3.8) is 0 Å². The van der Waals surface area contributed by atoms with Gasteiger partial charge in [-0.25, -0.2) is 4.79 Å². The van der Waals surface area contributed by atoms with Gasteiger partial charge in [-0.3, -0.25) is 10.00 Å². The normalized spacial score (nSPS) is 10.4. The molecule has 0 spiro atoms. The van der Waals surface area contributed by atoms with Crippen molar-refractivity contribution in [2.24, 2.45) is 7.05 Å². The molecule has 7 nitrogen and oxygen atoms in total. The molecule has 8 heteroatoms. The van der Waals surface area contributed by atoms with Gasteiger partial charge in [0.05, 0.1) is 19.3 Å². The summed E-state index contributed by atoms with van der Waals surface area (Å²) < 4.78 is 7.07. The fourth-order valence-corrected chi connectivity index (χ4v) is 2.10. The molecule has 0 saturated carbocycles. The predicted octanol–water partition coefficient (Wildman–Crippen LogP) is 2.53. The van der Waals surface area contributed by atoms with Crippen LogP contribution in [0.25, 0.3) is 0 Å². The van der Waals surface area contributed by atoms with E-state index in [4.69, 9.17) is 16.3 Å². The molecule has 0 unspecified atom stereocenters. The van der Waals surface area contributed by atoms with Gasteiger partial charge >= 0.3 is 6.03 Å². The maximum absolute atomic E-state index is 12.1. The molecule has 2 rings (SSSR count). The number of ether oxygens (including phenoxy) is 1. The number of hydrogen-bond donors (Lipinski definition) is 1. The zero-order chi connectivity index (χ0) is 16.1. The van der Waals surface area contributed by atoms with Crippen molar-refractivity contribution >= 4 is 23.4 Å². The SMILES string of the molecule is CCOc1ccc(Cl)cc1CN(C)C(=O)Nc1cn(C)nn1. The lowest BCUT2D eigenvalue weighted by Crippen LogP contribution is -2.31. The molecular weight excluding hydrogens is 306 g/mol. The first-order valence-electron chi connectivity index (χ1n) is 6.79. The number of halogens is 1. The fraction of sp³-hybridized carbons (Fsp3) is 0.357. The maximum Gasteiger partial charge on any atom is 0.323 e. The first kappa shape index (κ1) is 16.1. The van der Waals surface area contributed by atoms with Crippen molar-refractivity contribution in [1.29, 1.82) is 0 Å². The number of aromatic nitrogens is 3. The molecular formula is C14H18ClN5O2. The van der Waals surface area contributed by atoms with Gasteiger partial charge in [-0.05, 0) is 25.1 Å². The van der Waals surface area contributed by atoms with E-state index in [1.54, 1.807) is 38.5 Å². The van der Waals surface area contributed by atoms with Gasteiger partial charge in [-0.1, -0.05) is 16.8 Å². The molecule has 0 aliphatic heterocycles. The lowest BCUT2D eigenvalue weighted by Gasteiger charge is -2.19. The number of amides is 2. The number of carbonyl (C=O) groups is 1. The summed E-state index contributed by atoms with van der Waals surface area (Å²) >= 11 is 6.02. The minimum atomic E-state index is -0.289. The number of benzene rings is 1. The van der Waals surface area contributed by atoms with E-state index in [1.165, 1.54) is 9.58 Å². The molecule has 0 aliphatic rings. The summed E-state index contributed by atoms with van der Waals surface area (Å²) in [7, 11) is 3.41. The highest BCUT2D eigenvalue weighted by Gasteiger charge is 2.14. The number of urea groups is 1. The van der Waals surface area contributed by atoms with Crippen molar-refractivity contribution in [1.82, 2.24) is 19.9 Å². The van der Waals surface area contributed by atoms with E-state index >= 15 is 0 Å². The van der Waals surface area contributed by atoms with E-state index in [0.717, 1.165) is 5.56 Å². The third kappa shape index (κ3) is 4.11.